The summed E-state index contributed by atoms with van der Waals surface area (Å²) < 4.78 is 41.4. The summed E-state index contributed by atoms with van der Waals surface area (Å²) >= 11 is 0. The van der Waals surface area contributed by atoms with Gasteiger partial charge in [-0.25, -0.2) is 0 Å². The summed E-state index contributed by atoms with van der Waals surface area (Å²) in [6.45, 7) is 1.87. The number of likely N-dealkylation sites (tertiary alicyclic amines) is 1. The van der Waals surface area contributed by atoms with E-state index in [9.17, 15) is 27.9 Å². The first-order valence-corrected chi connectivity index (χ1v) is 7.49. The minimum atomic E-state index is -4.84. The minimum Gasteiger partial charge on any atom is -0.481 e. The van der Waals surface area contributed by atoms with Gasteiger partial charge in [0.05, 0.1) is 5.41 Å². The third-order valence-corrected chi connectivity index (χ3v) is 4.36. The number of benzene rings is 1. The third-order valence-electron chi connectivity index (χ3n) is 4.36. The summed E-state index contributed by atoms with van der Waals surface area (Å²) in [4.78, 5) is 28.0. The van der Waals surface area contributed by atoms with E-state index in [1.807, 2.05) is 0 Å². The molecule has 0 saturated carbocycles. The molecule has 0 radical (unpaired) electrons. The van der Waals surface area contributed by atoms with Gasteiger partial charge in [0.2, 0.25) is 0 Å². The second-order valence-electron chi connectivity index (χ2n) is 6.29. The third kappa shape index (κ3) is 3.26. The Morgan fingerprint density at radius 2 is 2.08 bits per heavy atom. The molecule has 0 spiro atoms. The Morgan fingerprint density at radius 1 is 1.36 bits per heavy atom. The Kier molecular flexibility index (Phi) is 3.89. The second kappa shape index (κ2) is 5.68. The predicted octanol–water partition coefficient (Wildman–Crippen LogP) is 3.00. The summed E-state index contributed by atoms with van der Waals surface area (Å²) in [5.41, 5.74) is -0.611. The number of H-pyrrole nitrogens is 1. The maximum Gasteiger partial charge on any atom is 0.573 e. The Labute approximate surface area is 140 Å². The van der Waals surface area contributed by atoms with Crippen LogP contribution in [-0.4, -0.2) is 46.3 Å². The van der Waals surface area contributed by atoms with Gasteiger partial charge in [-0.15, -0.1) is 13.2 Å². The normalized spacial score (nSPS) is 20.9. The Bertz CT molecular complexity index is 846. The Balaban J connectivity index is 1.89. The van der Waals surface area contributed by atoms with Crippen molar-refractivity contribution >= 4 is 22.8 Å². The van der Waals surface area contributed by atoms with E-state index in [1.54, 1.807) is 6.92 Å². The zero-order chi connectivity index (χ0) is 18.4. The number of ether oxygens (including phenoxy) is 1. The lowest BCUT2D eigenvalue weighted by Gasteiger charge is -2.19. The number of nitrogens with one attached hydrogen (secondary N) is 1. The number of hydrogen-bond acceptors (Lipinski definition) is 3. The standard InChI is InChI=1S/C16H15F3N2O4/c1-15(14(23)24)5-6-21(8-15)13(22)11-7-9-10(20-11)3-2-4-12(9)25-16(17,18)19/h2-4,7,20H,5-6,8H2,1H3,(H,23,24)/t15-/m0/s1. The fraction of sp³-hybridized carbons (Fsp3) is 0.375. The molecule has 2 heterocycles. The molecule has 2 aromatic rings. The van der Waals surface area contributed by atoms with Gasteiger partial charge >= 0.3 is 12.3 Å². The van der Waals surface area contributed by atoms with Gasteiger partial charge in [0, 0.05) is 24.0 Å². The number of nitrogens with zero attached hydrogens (tertiary/aromatic N) is 1. The van der Waals surface area contributed by atoms with Gasteiger partial charge in [0.1, 0.15) is 11.4 Å². The molecule has 2 N–H and O–H groups in total. The first kappa shape index (κ1) is 17.1. The van der Waals surface area contributed by atoms with Gasteiger partial charge in [-0.3, -0.25) is 9.59 Å². The SMILES string of the molecule is C[C@]1(C(=O)O)CCN(C(=O)c2cc3c(OC(F)(F)F)cccc3[nH]2)C1. The zero-order valence-corrected chi connectivity index (χ0v) is 13.2. The van der Waals surface area contributed by atoms with E-state index in [-0.39, 0.29) is 24.2 Å². The van der Waals surface area contributed by atoms with Crippen molar-refractivity contribution in [3.8, 4) is 5.75 Å². The largest absolute Gasteiger partial charge is 0.573 e. The average Bonchev–Trinajstić information content (AvgIpc) is 3.10. The van der Waals surface area contributed by atoms with E-state index < -0.39 is 29.4 Å². The van der Waals surface area contributed by atoms with Crippen LogP contribution in [0.5, 0.6) is 5.75 Å². The van der Waals surface area contributed by atoms with Crippen LogP contribution in [0.1, 0.15) is 23.8 Å². The highest BCUT2D eigenvalue weighted by Gasteiger charge is 2.42. The van der Waals surface area contributed by atoms with Crippen LogP contribution in [0.4, 0.5) is 13.2 Å². The number of halogens is 3. The maximum atomic E-state index is 12.6. The smallest absolute Gasteiger partial charge is 0.481 e. The van der Waals surface area contributed by atoms with Gasteiger partial charge in [-0.2, -0.15) is 0 Å². The topological polar surface area (TPSA) is 82.6 Å². The fourth-order valence-electron chi connectivity index (χ4n) is 2.94. The van der Waals surface area contributed by atoms with Gasteiger partial charge in [0.25, 0.3) is 5.91 Å². The predicted molar refractivity (Wildman–Crippen MR) is 81.2 cm³/mol. The van der Waals surface area contributed by atoms with Gasteiger partial charge < -0.3 is 19.7 Å². The number of aromatic amines is 1. The number of alkyl halides is 3. The molecule has 1 aliphatic heterocycles. The Hall–Kier alpha value is -2.71. The molecule has 1 saturated heterocycles. The van der Waals surface area contributed by atoms with Crippen LogP contribution in [0.15, 0.2) is 24.3 Å². The van der Waals surface area contributed by atoms with E-state index in [2.05, 4.69) is 9.72 Å². The number of fused-ring (bicyclic) bond motifs is 1. The number of carbonyl (C=O) groups excluding carboxylic acids is 1. The lowest BCUT2D eigenvalue weighted by molar-refractivity contribution is -0.274. The molecule has 0 aliphatic carbocycles. The van der Waals surface area contributed by atoms with Crippen LogP contribution in [0.25, 0.3) is 10.9 Å². The van der Waals surface area contributed by atoms with Crippen LogP contribution in [0, 0.1) is 5.41 Å². The number of carbonyl (C=O) groups is 2. The summed E-state index contributed by atoms with van der Waals surface area (Å²) in [5, 5.41) is 9.36. The van der Waals surface area contributed by atoms with Crippen LogP contribution in [0.3, 0.4) is 0 Å². The molecular weight excluding hydrogens is 341 g/mol. The van der Waals surface area contributed by atoms with E-state index in [4.69, 9.17) is 0 Å². The summed E-state index contributed by atoms with van der Waals surface area (Å²) in [5.74, 6) is -1.85. The number of aromatic nitrogens is 1. The summed E-state index contributed by atoms with van der Waals surface area (Å²) in [7, 11) is 0. The molecule has 1 aromatic heterocycles. The molecule has 0 bridgehead atoms. The van der Waals surface area contributed by atoms with E-state index in [0.29, 0.717) is 11.9 Å². The van der Waals surface area contributed by atoms with Crippen molar-refractivity contribution in [2.75, 3.05) is 13.1 Å². The molecule has 3 rings (SSSR count). The molecule has 1 aliphatic rings. The van der Waals surface area contributed by atoms with Gasteiger partial charge in [0.15, 0.2) is 0 Å². The lowest BCUT2D eigenvalue weighted by atomic mass is 9.90. The molecular formula is C16H15F3N2O4. The average molecular weight is 356 g/mol. The second-order valence-corrected chi connectivity index (χ2v) is 6.29. The van der Waals surface area contributed by atoms with Crippen LogP contribution in [-0.2, 0) is 4.79 Å². The van der Waals surface area contributed by atoms with Crippen molar-refractivity contribution in [2.45, 2.75) is 19.7 Å². The highest BCUT2D eigenvalue weighted by atomic mass is 19.4. The van der Waals surface area contributed by atoms with Crippen molar-refractivity contribution in [3.63, 3.8) is 0 Å². The molecule has 0 unspecified atom stereocenters. The number of rotatable bonds is 3. The molecule has 25 heavy (non-hydrogen) atoms. The first-order valence-electron chi connectivity index (χ1n) is 7.49. The molecule has 134 valence electrons. The minimum absolute atomic E-state index is 0.0441. The van der Waals surface area contributed by atoms with Crippen molar-refractivity contribution in [2.24, 2.45) is 5.41 Å². The molecule has 1 atom stereocenters. The van der Waals surface area contributed by atoms with Crippen molar-refractivity contribution < 1.29 is 32.6 Å². The van der Waals surface area contributed by atoms with E-state index in [0.717, 1.165) is 6.07 Å². The van der Waals surface area contributed by atoms with Gasteiger partial charge in [-0.05, 0) is 31.5 Å². The van der Waals surface area contributed by atoms with E-state index in [1.165, 1.54) is 23.1 Å². The highest BCUT2D eigenvalue weighted by molar-refractivity contribution is 6.00. The summed E-state index contributed by atoms with van der Waals surface area (Å²) in [6.07, 6.45) is -4.52. The monoisotopic (exact) mass is 356 g/mol. The molecule has 1 aromatic carbocycles. The maximum absolute atomic E-state index is 12.6. The number of aliphatic carboxylic acids is 1. The van der Waals surface area contributed by atoms with Crippen LogP contribution >= 0.6 is 0 Å². The highest BCUT2D eigenvalue weighted by Crippen LogP contribution is 2.33. The van der Waals surface area contributed by atoms with Crippen LogP contribution < -0.4 is 4.74 Å². The molecule has 6 nitrogen and oxygen atoms in total. The molecule has 1 amide bonds. The lowest BCUT2D eigenvalue weighted by Crippen LogP contribution is -2.35. The quantitative estimate of drug-likeness (QED) is 0.886. The zero-order valence-electron chi connectivity index (χ0n) is 13.2. The number of carboxylic acids is 1. The van der Waals surface area contributed by atoms with E-state index >= 15 is 0 Å². The van der Waals surface area contributed by atoms with Crippen molar-refractivity contribution in [1.82, 2.24) is 9.88 Å². The van der Waals surface area contributed by atoms with Crippen molar-refractivity contribution in [3.05, 3.63) is 30.0 Å². The molecule has 9 heteroatoms. The molecule has 1 fully saturated rings. The Morgan fingerprint density at radius 3 is 2.68 bits per heavy atom. The number of carboxylic acid groups (broad SMARTS) is 1. The number of amides is 1. The number of hydrogen-bond donors (Lipinski definition) is 2. The summed E-state index contributed by atoms with van der Waals surface area (Å²) in [6, 6.07) is 5.36. The van der Waals surface area contributed by atoms with Crippen molar-refractivity contribution in [1.29, 1.82) is 0 Å². The van der Waals surface area contributed by atoms with Crippen LogP contribution in [0.2, 0.25) is 0 Å². The first-order chi connectivity index (χ1) is 11.6. The fourth-order valence-corrected chi connectivity index (χ4v) is 2.94. The van der Waals surface area contributed by atoms with Gasteiger partial charge in [-0.1, -0.05) is 6.07 Å².